The Morgan fingerprint density at radius 3 is 2.85 bits per heavy atom. The van der Waals surface area contributed by atoms with Gasteiger partial charge in [-0.25, -0.2) is 0 Å². The molecule has 0 bridgehead atoms. The van der Waals surface area contributed by atoms with Crippen LogP contribution < -0.4 is 4.74 Å². The van der Waals surface area contributed by atoms with Crippen LogP contribution in [0.4, 0.5) is 0 Å². The number of rotatable bonds is 6. The average Bonchev–Trinajstić information content (AvgIpc) is 3.07. The van der Waals surface area contributed by atoms with Crippen molar-refractivity contribution < 1.29 is 19.4 Å². The first-order valence-electron chi connectivity index (χ1n) is 9.17. The predicted octanol–water partition coefficient (Wildman–Crippen LogP) is 2.81. The molecule has 27 heavy (non-hydrogen) atoms. The Morgan fingerprint density at radius 2 is 2.11 bits per heavy atom. The molecule has 0 radical (unpaired) electrons. The minimum atomic E-state index is -0.788. The van der Waals surface area contributed by atoms with Crippen LogP contribution in [0.1, 0.15) is 36.0 Å². The van der Waals surface area contributed by atoms with E-state index in [0.717, 1.165) is 18.4 Å². The van der Waals surface area contributed by atoms with E-state index in [4.69, 9.17) is 9.84 Å². The number of carbonyl (C=O) groups excluding carboxylic acids is 1. The fraction of sp³-hybridized carbons (Fsp3) is 0.450. The van der Waals surface area contributed by atoms with Gasteiger partial charge in [-0.3, -0.25) is 14.3 Å². The highest BCUT2D eigenvalue weighted by molar-refractivity contribution is 6.00. The third-order valence-corrected chi connectivity index (χ3v) is 4.99. The number of para-hydroxylation sites is 1. The number of piperidine rings is 1. The number of aromatic nitrogens is 2. The first kappa shape index (κ1) is 18.9. The van der Waals surface area contributed by atoms with Crippen molar-refractivity contribution in [2.75, 3.05) is 20.2 Å². The Kier molecular flexibility index (Phi) is 5.78. The molecule has 0 saturated carbocycles. The molecule has 1 atom stereocenters. The highest BCUT2D eigenvalue weighted by atomic mass is 16.5. The van der Waals surface area contributed by atoms with Crippen LogP contribution in [0.5, 0.6) is 5.75 Å². The van der Waals surface area contributed by atoms with Gasteiger partial charge in [0.05, 0.1) is 12.7 Å². The zero-order valence-electron chi connectivity index (χ0n) is 15.7. The van der Waals surface area contributed by atoms with Crippen molar-refractivity contribution in [2.24, 2.45) is 13.0 Å². The fourth-order valence-corrected chi connectivity index (χ4v) is 3.67. The van der Waals surface area contributed by atoms with Crippen LogP contribution in [0, 0.1) is 5.92 Å². The van der Waals surface area contributed by atoms with Crippen molar-refractivity contribution in [3.05, 3.63) is 36.0 Å². The molecule has 1 unspecified atom stereocenters. The van der Waals surface area contributed by atoms with Crippen LogP contribution in [0.3, 0.4) is 0 Å². The molecule has 144 valence electrons. The monoisotopic (exact) mass is 371 g/mol. The van der Waals surface area contributed by atoms with Crippen LogP contribution in [0.25, 0.3) is 11.3 Å². The largest absolute Gasteiger partial charge is 0.496 e. The van der Waals surface area contributed by atoms with Gasteiger partial charge in [0.25, 0.3) is 5.91 Å². The summed E-state index contributed by atoms with van der Waals surface area (Å²) in [4.78, 5) is 25.9. The molecule has 2 aromatic rings. The minimum Gasteiger partial charge on any atom is -0.496 e. The van der Waals surface area contributed by atoms with Crippen LogP contribution >= 0.6 is 0 Å². The Balaban J connectivity index is 1.84. The van der Waals surface area contributed by atoms with E-state index in [-0.39, 0.29) is 18.2 Å². The Hall–Kier alpha value is -2.83. The molecule has 1 N–H and O–H groups in total. The second-order valence-electron chi connectivity index (χ2n) is 6.96. The number of ether oxygens (including phenoxy) is 1. The Labute approximate surface area is 158 Å². The smallest absolute Gasteiger partial charge is 0.303 e. The normalized spacial score (nSPS) is 17.0. The maximum atomic E-state index is 13.2. The summed E-state index contributed by atoms with van der Waals surface area (Å²) < 4.78 is 7.07. The molecule has 7 nitrogen and oxygen atoms in total. The molecule has 1 aliphatic heterocycles. The van der Waals surface area contributed by atoms with Gasteiger partial charge in [0.15, 0.2) is 0 Å². The van der Waals surface area contributed by atoms with E-state index in [1.807, 2.05) is 29.2 Å². The molecule has 1 aliphatic rings. The highest BCUT2D eigenvalue weighted by Crippen LogP contribution is 2.32. The quantitative estimate of drug-likeness (QED) is 0.844. The van der Waals surface area contributed by atoms with E-state index in [1.165, 1.54) is 0 Å². The summed E-state index contributed by atoms with van der Waals surface area (Å²) in [5, 5.41) is 13.4. The molecule has 1 aromatic heterocycles. The number of amides is 1. The predicted molar refractivity (Wildman–Crippen MR) is 101 cm³/mol. The van der Waals surface area contributed by atoms with E-state index >= 15 is 0 Å². The van der Waals surface area contributed by atoms with E-state index < -0.39 is 5.97 Å². The van der Waals surface area contributed by atoms with Crippen molar-refractivity contribution in [3.8, 4) is 17.0 Å². The third kappa shape index (κ3) is 4.30. The highest BCUT2D eigenvalue weighted by Gasteiger charge is 2.28. The van der Waals surface area contributed by atoms with Crippen molar-refractivity contribution in [3.63, 3.8) is 0 Å². The second-order valence-corrected chi connectivity index (χ2v) is 6.96. The van der Waals surface area contributed by atoms with Gasteiger partial charge in [-0.15, -0.1) is 0 Å². The number of methoxy groups -OCH3 is 1. The standard InChI is InChI=1S/C20H25N3O4/c1-22-13-16(19(21-22)15-7-3-4-8-17(15)27-2)20(26)23-11-5-6-14(12-23)9-10-18(24)25/h3-4,7-8,13-14H,5-6,9-12H2,1-2H3,(H,24,25). The molecule has 1 amide bonds. The van der Waals surface area contributed by atoms with Gasteiger partial charge < -0.3 is 14.7 Å². The number of hydrogen-bond acceptors (Lipinski definition) is 4. The van der Waals surface area contributed by atoms with E-state index in [2.05, 4.69) is 5.10 Å². The number of hydrogen-bond donors (Lipinski definition) is 1. The SMILES string of the molecule is COc1ccccc1-c1nn(C)cc1C(=O)N1CCCC(CCC(=O)O)C1. The third-order valence-electron chi connectivity index (χ3n) is 4.99. The topological polar surface area (TPSA) is 84.7 Å². The Bertz CT molecular complexity index is 830. The minimum absolute atomic E-state index is 0.0657. The molecule has 1 fully saturated rings. The number of aliphatic carboxylic acids is 1. The van der Waals surface area contributed by atoms with Gasteiger partial charge in [0.2, 0.25) is 0 Å². The summed E-state index contributed by atoms with van der Waals surface area (Å²) in [6, 6.07) is 7.51. The lowest BCUT2D eigenvalue weighted by Gasteiger charge is -2.32. The lowest BCUT2D eigenvalue weighted by molar-refractivity contribution is -0.137. The van der Waals surface area contributed by atoms with Gasteiger partial charge in [-0.05, 0) is 37.3 Å². The summed E-state index contributed by atoms with van der Waals surface area (Å²) in [6.07, 6.45) is 4.34. The summed E-state index contributed by atoms with van der Waals surface area (Å²) in [7, 11) is 3.39. The fourth-order valence-electron chi connectivity index (χ4n) is 3.67. The summed E-state index contributed by atoms with van der Waals surface area (Å²) >= 11 is 0. The Morgan fingerprint density at radius 1 is 1.33 bits per heavy atom. The number of likely N-dealkylation sites (tertiary alicyclic amines) is 1. The number of aryl methyl sites for hydroxylation is 1. The average molecular weight is 371 g/mol. The molecule has 1 saturated heterocycles. The number of nitrogens with zero attached hydrogens (tertiary/aromatic N) is 3. The maximum absolute atomic E-state index is 13.2. The zero-order chi connectivity index (χ0) is 19.4. The second kappa shape index (κ2) is 8.24. The molecular weight excluding hydrogens is 346 g/mol. The van der Waals surface area contributed by atoms with Gasteiger partial charge in [0, 0.05) is 38.3 Å². The van der Waals surface area contributed by atoms with E-state index in [1.54, 1.807) is 25.0 Å². The zero-order valence-corrected chi connectivity index (χ0v) is 15.7. The van der Waals surface area contributed by atoms with Crippen molar-refractivity contribution in [1.82, 2.24) is 14.7 Å². The molecule has 0 spiro atoms. The van der Waals surface area contributed by atoms with Crippen LogP contribution in [0.15, 0.2) is 30.5 Å². The lowest BCUT2D eigenvalue weighted by atomic mass is 9.93. The van der Waals surface area contributed by atoms with Crippen LogP contribution in [0.2, 0.25) is 0 Å². The van der Waals surface area contributed by atoms with Crippen molar-refractivity contribution >= 4 is 11.9 Å². The molecule has 0 aliphatic carbocycles. The molecule has 1 aromatic carbocycles. The summed E-state index contributed by atoms with van der Waals surface area (Å²) in [6.45, 7) is 1.27. The molecule has 3 rings (SSSR count). The van der Waals surface area contributed by atoms with Crippen LogP contribution in [-0.2, 0) is 11.8 Å². The molecular formula is C20H25N3O4. The number of carboxylic acids is 1. The first-order chi connectivity index (χ1) is 13.0. The summed E-state index contributed by atoms with van der Waals surface area (Å²) in [5.74, 6) is 0.0432. The number of benzene rings is 1. The first-order valence-corrected chi connectivity index (χ1v) is 9.17. The number of carboxylic acid groups (broad SMARTS) is 1. The van der Waals surface area contributed by atoms with Gasteiger partial charge in [-0.1, -0.05) is 12.1 Å². The molecule has 7 heteroatoms. The van der Waals surface area contributed by atoms with E-state index in [0.29, 0.717) is 36.5 Å². The number of carbonyl (C=O) groups is 2. The summed E-state index contributed by atoms with van der Waals surface area (Å²) in [5.41, 5.74) is 1.93. The molecule has 2 heterocycles. The lowest BCUT2D eigenvalue weighted by Crippen LogP contribution is -2.40. The van der Waals surface area contributed by atoms with Crippen molar-refractivity contribution in [1.29, 1.82) is 0 Å². The van der Waals surface area contributed by atoms with Crippen molar-refractivity contribution in [2.45, 2.75) is 25.7 Å². The van der Waals surface area contributed by atoms with Gasteiger partial charge in [-0.2, -0.15) is 5.10 Å². The van der Waals surface area contributed by atoms with Gasteiger partial charge in [0.1, 0.15) is 11.4 Å². The van der Waals surface area contributed by atoms with E-state index in [9.17, 15) is 9.59 Å². The van der Waals surface area contributed by atoms with Gasteiger partial charge >= 0.3 is 5.97 Å². The maximum Gasteiger partial charge on any atom is 0.303 e. The van der Waals surface area contributed by atoms with Crippen LogP contribution in [-0.4, -0.2) is 51.9 Å².